The number of ether oxygens (including phenoxy) is 1. The first-order valence-electron chi connectivity index (χ1n) is 9.19. The summed E-state index contributed by atoms with van der Waals surface area (Å²) in [4.78, 5) is 16.2. The van der Waals surface area contributed by atoms with Gasteiger partial charge < -0.3 is 14.5 Å². The highest BCUT2D eigenvalue weighted by Gasteiger charge is 2.23. The zero-order valence-electron chi connectivity index (χ0n) is 15.4. The highest BCUT2D eigenvalue weighted by molar-refractivity contribution is 9.10. The molecule has 28 heavy (non-hydrogen) atoms. The summed E-state index contributed by atoms with van der Waals surface area (Å²) in [7, 11) is 0. The Bertz CT molecular complexity index is 876. The van der Waals surface area contributed by atoms with Crippen LogP contribution in [0.25, 0.3) is 0 Å². The molecule has 0 saturated carbocycles. The Balaban J connectivity index is 1.45. The molecule has 3 rings (SSSR count). The first-order valence-corrected chi connectivity index (χ1v) is 9.98. The molecule has 0 radical (unpaired) electrons. The Labute approximate surface area is 172 Å². The zero-order chi connectivity index (χ0) is 19.9. The summed E-state index contributed by atoms with van der Waals surface area (Å²) in [5.74, 6) is 0.352. The SMILES string of the molecule is N#Cc1c(F)cccc1N1CCN(C(=O)CCCOc2ccccc2Br)CC1. The molecule has 0 atom stereocenters. The van der Waals surface area contributed by atoms with Gasteiger partial charge in [0, 0.05) is 32.6 Å². The first-order chi connectivity index (χ1) is 13.6. The van der Waals surface area contributed by atoms with Crippen LogP contribution in [0.15, 0.2) is 46.9 Å². The van der Waals surface area contributed by atoms with Crippen molar-refractivity contribution in [2.75, 3.05) is 37.7 Å². The van der Waals surface area contributed by atoms with Gasteiger partial charge in [0.15, 0.2) is 0 Å². The van der Waals surface area contributed by atoms with Crippen molar-refractivity contribution in [1.29, 1.82) is 5.26 Å². The molecule has 1 aliphatic rings. The van der Waals surface area contributed by atoms with Gasteiger partial charge in [0.2, 0.25) is 5.91 Å². The Morgan fingerprint density at radius 3 is 2.61 bits per heavy atom. The van der Waals surface area contributed by atoms with Gasteiger partial charge in [-0.1, -0.05) is 18.2 Å². The minimum Gasteiger partial charge on any atom is -0.492 e. The van der Waals surface area contributed by atoms with Crippen LogP contribution in [-0.2, 0) is 4.79 Å². The fourth-order valence-electron chi connectivity index (χ4n) is 3.21. The maximum Gasteiger partial charge on any atom is 0.222 e. The lowest BCUT2D eigenvalue weighted by atomic mass is 10.1. The monoisotopic (exact) mass is 445 g/mol. The van der Waals surface area contributed by atoms with Gasteiger partial charge in [-0.3, -0.25) is 4.79 Å². The quantitative estimate of drug-likeness (QED) is 0.631. The van der Waals surface area contributed by atoms with E-state index in [4.69, 9.17) is 4.74 Å². The number of rotatable bonds is 6. The minimum atomic E-state index is -0.511. The molecule has 1 heterocycles. The molecule has 0 N–H and O–H groups in total. The number of amides is 1. The van der Waals surface area contributed by atoms with E-state index in [1.807, 2.05) is 40.1 Å². The van der Waals surface area contributed by atoms with E-state index in [1.165, 1.54) is 6.07 Å². The molecule has 0 aliphatic carbocycles. The van der Waals surface area contributed by atoms with E-state index in [-0.39, 0.29) is 11.5 Å². The van der Waals surface area contributed by atoms with Crippen LogP contribution in [0, 0.1) is 17.1 Å². The first kappa shape index (κ1) is 20.2. The highest BCUT2D eigenvalue weighted by Crippen LogP contribution is 2.25. The van der Waals surface area contributed by atoms with Crippen molar-refractivity contribution in [3.8, 4) is 11.8 Å². The Hall–Kier alpha value is -2.59. The normalized spacial score (nSPS) is 13.9. The van der Waals surface area contributed by atoms with E-state index >= 15 is 0 Å². The van der Waals surface area contributed by atoms with Gasteiger partial charge in [-0.25, -0.2) is 4.39 Å². The number of halogens is 2. The van der Waals surface area contributed by atoms with Crippen molar-refractivity contribution in [3.05, 3.63) is 58.3 Å². The highest BCUT2D eigenvalue weighted by atomic mass is 79.9. The van der Waals surface area contributed by atoms with Crippen LogP contribution in [0.1, 0.15) is 18.4 Å². The summed E-state index contributed by atoms with van der Waals surface area (Å²) < 4.78 is 20.4. The lowest BCUT2D eigenvalue weighted by Gasteiger charge is -2.36. The fraction of sp³-hybridized carbons (Fsp3) is 0.333. The maximum atomic E-state index is 13.8. The molecule has 7 heteroatoms. The smallest absolute Gasteiger partial charge is 0.222 e. The summed E-state index contributed by atoms with van der Waals surface area (Å²) in [5, 5.41) is 9.19. The second-order valence-corrected chi connectivity index (χ2v) is 7.35. The van der Waals surface area contributed by atoms with Gasteiger partial charge in [-0.15, -0.1) is 0 Å². The summed E-state index contributed by atoms with van der Waals surface area (Å²) in [6.45, 7) is 2.76. The third kappa shape index (κ3) is 4.82. The topological polar surface area (TPSA) is 56.6 Å². The number of carbonyl (C=O) groups is 1. The van der Waals surface area contributed by atoms with Crippen LogP contribution in [0.5, 0.6) is 5.75 Å². The number of hydrogen-bond donors (Lipinski definition) is 0. The molecule has 0 aromatic heterocycles. The summed E-state index contributed by atoms with van der Waals surface area (Å²) in [6.07, 6.45) is 1.07. The molecule has 5 nitrogen and oxygen atoms in total. The average Bonchev–Trinajstić information content (AvgIpc) is 2.72. The lowest BCUT2D eigenvalue weighted by Crippen LogP contribution is -2.49. The minimum absolute atomic E-state index is 0.0616. The molecule has 1 aliphatic heterocycles. The van der Waals surface area contributed by atoms with Crippen molar-refractivity contribution in [2.24, 2.45) is 0 Å². The number of piperazine rings is 1. The van der Waals surface area contributed by atoms with Gasteiger partial charge in [0.05, 0.1) is 16.8 Å². The van der Waals surface area contributed by atoms with Crippen molar-refractivity contribution >= 4 is 27.5 Å². The van der Waals surface area contributed by atoms with Crippen molar-refractivity contribution < 1.29 is 13.9 Å². The molecular weight excluding hydrogens is 425 g/mol. The van der Waals surface area contributed by atoms with Crippen molar-refractivity contribution in [2.45, 2.75) is 12.8 Å². The molecule has 1 amide bonds. The van der Waals surface area contributed by atoms with Crippen LogP contribution >= 0.6 is 15.9 Å². The molecule has 1 saturated heterocycles. The van der Waals surface area contributed by atoms with Crippen LogP contribution in [-0.4, -0.2) is 43.6 Å². The summed E-state index contributed by atoms with van der Waals surface area (Å²) >= 11 is 3.43. The molecule has 1 fully saturated rings. The Kier molecular flexibility index (Phi) is 6.88. The largest absolute Gasteiger partial charge is 0.492 e. The molecular formula is C21H21BrFN3O2. The van der Waals surface area contributed by atoms with Gasteiger partial charge in [0.25, 0.3) is 0 Å². The van der Waals surface area contributed by atoms with Gasteiger partial charge in [0.1, 0.15) is 23.2 Å². The number of benzene rings is 2. The number of para-hydroxylation sites is 1. The van der Waals surface area contributed by atoms with Crippen LogP contribution in [0.4, 0.5) is 10.1 Å². The molecule has 0 spiro atoms. The summed E-state index contributed by atoms with van der Waals surface area (Å²) in [6, 6.07) is 14.2. The third-order valence-corrected chi connectivity index (χ3v) is 5.36. The standard InChI is InChI=1S/C21H21BrFN3O2/c22-17-5-1-2-8-20(17)28-14-4-9-21(27)26-12-10-25(11-13-26)19-7-3-6-18(23)16(19)15-24/h1-3,5-8H,4,9-14H2. The van der Waals surface area contributed by atoms with Crippen molar-refractivity contribution in [3.63, 3.8) is 0 Å². The number of nitrogens with zero attached hydrogens (tertiary/aromatic N) is 3. The van der Waals surface area contributed by atoms with E-state index < -0.39 is 5.82 Å². The fourth-order valence-corrected chi connectivity index (χ4v) is 3.61. The number of carbonyl (C=O) groups excluding carboxylic acids is 1. The van der Waals surface area contributed by atoms with Gasteiger partial charge in [-0.05, 0) is 46.6 Å². The van der Waals surface area contributed by atoms with Gasteiger partial charge >= 0.3 is 0 Å². The van der Waals surface area contributed by atoms with Crippen LogP contribution < -0.4 is 9.64 Å². The van der Waals surface area contributed by atoms with Crippen LogP contribution in [0.3, 0.4) is 0 Å². The molecule has 2 aromatic rings. The number of nitriles is 1. The predicted octanol–water partition coefficient (Wildman–Crippen LogP) is 3.97. The number of anilines is 1. The molecule has 0 bridgehead atoms. The predicted molar refractivity (Wildman–Crippen MR) is 109 cm³/mol. The lowest BCUT2D eigenvalue weighted by molar-refractivity contribution is -0.131. The second-order valence-electron chi connectivity index (χ2n) is 6.50. The molecule has 2 aromatic carbocycles. The summed E-state index contributed by atoms with van der Waals surface area (Å²) in [5.41, 5.74) is 0.655. The maximum absolute atomic E-state index is 13.8. The molecule has 146 valence electrons. The van der Waals surface area contributed by atoms with E-state index in [9.17, 15) is 14.4 Å². The Morgan fingerprint density at radius 1 is 1.14 bits per heavy atom. The molecule has 0 unspecified atom stereocenters. The van der Waals surface area contributed by atoms with E-state index in [2.05, 4.69) is 15.9 Å². The zero-order valence-corrected chi connectivity index (χ0v) is 17.0. The van der Waals surface area contributed by atoms with E-state index in [0.717, 1.165) is 10.2 Å². The third-order valence-electron chi connectivity index (χ3n) is 4.71. The Morgan fingerprint density at radius 2 is 1.89 bits per heavy atom. The van der Waals surface area contributed by atoms with Gasteiger partial charge in [-0.2, -0.15) is 5.26 Å². The van der Waals surface area contributed by atoms with Crippen LogP contribution in [0.2, 0.25) is 0 Å². The van der Waals surface area contributed by atoms with E-state index in [0.29, 0.717) is 51.3 Å². The number of hydrogen-bond acceptors (Lipinski definition) is 4. The van der Waals surface area contributed by atoms with Crippen molar-refractivity contribution in [1.82, 2.24) is 4.90 Å². The average molecular weight is 446 g/mol. The second kappa shape index (κ2) is 9.56. The van der Waals surface area contributed by atoms with E-state index in [1.54, 1.807) is 12.1 Å².